The summed E-state index contributed by atoms with van der Waals surface area (Å²) in [6.45, 7) is 2.89. The van der Waals surface area contributed by atoms with Crippen LogP contribution in [-0.4, -0.2) is 40.9 Å². The van der Waals surface area contributed by atoms with Gasteiger partial charge in [-0.1, -0.05) is 30.3 Å². The molecule has 0 saturated carbocycles. The molecule has 0 radical (unpaired) electrons. The number of fused-ring (bicyclic) bond motifs is 2. The maximum absolute atomic E-state index is 13.5. The van der Waals surface area contributed by atoms with Gasteiger partial charge in [0, 0.05) is 31.3 Å². The number of nitrogens with zero attached hydrogens (tertiary/aromatic N) is 2. The van der Waals surface area contributed by atoms with E-state index < -0.39 is 11.3 Å². The molecule has 7 heteroatoms. The van der Waals surface area contributed by atoms with Crippen LogP contribution in [0.25, 0.3) is 0 Å². The lowest BCUT2D eigenvalue weighted by atomic mass is 9.81. The van der Waals surface area contributed by atoms with Gasteiger partial charge in [-0.2, -0.15) is 0 Å². The average Bonchev–Trinajstić information content (AvgIpc) is 3.26. The largest absolute Gasteiger partial charge is 0.341 e. The second-order valence-electron chi connectivity index (χ2n) is 7.32. The molecule has 2 N–H and O–H groups in total. The third-order valence-corrected chi connectivity index (χ3v) is 5.74. The molecule has 1 atom stereocenters. The summed E-state index contributed by atoms with van der Waals surface area (Å²) in [5.74, 6) is -0.587. The summed E-state index contributed by atoms with van der Waals surface area (Å²) in [7, 11) is 0. The summed E-state index contributed by atoms with van der Waals surface area (Å²) < 4.78 is 0. The predicted molar refractivity (Wildman–Crippen MR) is 102 cm³/mol. The van der Waals surface area contributed by atoms with Gasteiger partial charge < -0.3 is 9.80 Å². The first kappa shape index (κ1) is 18.2. The van der Waals surface area contributed by atoms with Crippen molar-refractivity contribution in [3.05, 3.63) is 65.2 Å². The van der Waals surface area contributed by atoms with Gasteiger partial charge in [-0.25, -0.2) is 5.48 Å². The van der Waals surface area contributed by atoms with Gasteiger partial charge >= 0.3 is 0 Å². The van der Waals surface area contributed by atoms with Crippen LogP contribution in [0.3, 0.4) is 0 Å². The quantitative estimate of drug-likeness (QED) is 0.629. The lowest BCUT2D eigenvalue weighted by Crippen LogP contribution is -2.42. The zero-order valence-electron chi connectivity index (χ0n) is 15.5. The van der Waals surface area contributed by atoms with Gasteiger partial charge in [0.15, 0.2) is 0 Å². The van der Waals surface area contributed by atoms with E-state index in [2.05, 4.69) is 0 Å². The number of hydrogen-bond acceptors (Lipinski definition) is 4. The minimum Gasteiger partial charge on any atom is -0.341 e. The van der Waals surface area contributed by atoms with Gasteiger partial charge in [0.2, 0.25) is 11.8 Å². The Morgan fingerprint density at radius 1 is 1.14 bits per heavy atom. The summed E-state index contributed by atoms with van der Waals surface area (Å²) in [6.07, 6.45) is 0.620. The van der Waals surface area contributed by atoms with Crippen LogP contribution in [0.5, 0.6) is 0 Å². The Bertz CT molecular complexity index is 956. The third kappa shape index (κ3) is 2.75. The highest BCUT2D eigenvalue weighted by Crippen LogP contribution is 2.47. The Morgan fingerprint density at radius 2 is 1.86 bits per heavy atom. The van der Waals surface area contributed by atoms with Crippen LogP contribution in [0.1, 0.15) is 34.8 Å². The minimum atomic E-state index is -0.682. The average molecular weight is 379 g/mol. The highest BCUT2D eigenvalue weighted by atomic mass is 16.5. The summed E-state index contributed by atoms with van der Waals surface area (Å²) in [4.78, 5) is 40.3. The first-order valence-electron chi connectivity index (χ1n) is 9.16. The molecule has 4 rings (SSSR count). The molecule has 2 aliphatic rings. The fourth-order valence-corrected chi connectivity index (χ4v) is 4.24. The van der Waals surface area contributed by atoms with E-state index in [0.29, 0.717) is 31.6 Å². The number of hydroxylamine groups is 1. The fraction of sp³-hybridized carbons (Fsp3) is 0.286. The van der Waals surface area contributed by atoms with E-state index in [9.17, 15) is 14.4 Å². The van der Waals surface area contributed by atoms with E-state index in [-0.39, 0.29) is 11.8 Å². The number of carbonyl (C=O) groups excluding carboxylic acids is 3. The van der Waals surface area contributed by atoms with Crippen molar-refractivity contribution in [3.8, 4) is 0 Å². The minimum absolute atomic E-state index is 0.00891. The van der Waals surface area contributed by atoms with Crippen LogP contribution in [0, 0.1) is 0 Å². The van der Waals surface area contributed by atoms with E-state index in [0.717, 1.165) is 16.8 Å². The van der Waals surface area contributed by atoms with Crippen LogP contribution in [-0.2, 0) is 21.5 Å². The normalized spacial score (nSPS) is 20.6. The fourth-order valence-electron chi connectivity index (χ4n) is 4.24. The van der Waals surface area contributed by atoms with E-state index in [1.165, 1.54) is 6.92 Å². The maximum atomic E-state index is 13.5. The molecule has 2 heterocycles. The van der Waals surface area contributed by atoms with Crippen molar-refractivity contribution in [1.82, 2.24) is 10.4 Å². The smallest absolute Gasteiger partial charge is 0.274 e. The van der Waals surface area contributed by atoms with Crippen LogP contribution >= 0.6 is 0 Å². The standard InChI is InChI=1S/C21H21N3O4/c1-14(25)23-11-10-21(13-23)17-4-2-3-5-18(17)24(20(21)27)12-15-6-8-16(9-7-15)19(26)22-28/h2-9,28H,10-13H2,1H3,(H,22,26). The second kappa shape index (κ2) is 6.76. The van der Waals surface area contributed by atoms with Gasteiger partial charge in [-0.05, 0) is 35.7 Å². The molecule has 0 aromatic heterocycles. The highest BCUT2D eigenvalue weighted by Gasteiger charge is 2.54. The van der Waals surface area contributed by atoms with Crippen LogP contribution in [0.2, 0.25) is 0 Å². The number of anilines is 1. The second-order valence-corrected chi connectivity index (χ2v) is 7.32. The van der Waals surface area contributed by atoms with Gasteiger partial charge in [0.05, 0.1) is 12.0 Å². The Balaban J connectivity index is 1.65. The molecule has 7 nitrogen and oxygen atoms in total. The summed E-state index contributed by atoms with van der Waals surface area (Å²) in [5, 5.41) is 8.73. The molecule has 2 aliphatic heterocycles. The highest BCUT2D eigenvalue weighted by molar-refractivity contribution is 6.08. The van der Waals surface area contributed by atoms with Gasteiger partial charge in [0.1, 0.15) is 0 Å². The molecule has 3 amide bonds. The first-order valence-corrected chi connectivity index (χ1v) is 9.16. The van der Waals surface area contributed by atoms with Crippen molar-refractivity contribution in [1.29, 1.82) is 0 Å². The molecule has 2 aromatic carbocycles. The van der Waals surface area contributed by atoms with Gasteiger partial charge in [-0.3, -0.25) is 19.6 Å². The number of benzene rings is 2. The summed E-state index contributed by atoms with van der Waals surface area (Å²) in [6, 6.07) is 14.5. The van der Waals surface area contributed by atoms with Crippen LogP contribution in [0.15, 0.2) is 48.5 Å². The topological polar surface area (TPSA) is 90.0 Å². The number of nitrogens with one attached hydrogen (secondary N) is 1. The van der Waals surface area contributed by atoms with Crippen LogP contribution in [0.4, 0.5) is 5.69 Å². The van der Waals surface area contributed by atoms with Crippen molar-refractivity contribution in [2.45, 2.75) is 25.3 Å². The SMILES string of the molecule is CC(=O)N1CCC2(C1)C(=O)N(Cc1ccc(C(=O)NO)cc1)c1ccccc12. The molecule has 0 bridgehead atoms. The number of likely N-dealkylation sites (tertiary alicyclic amines) is 1. The molecule has 0 aliphatic carbocycles. The number of rotatable bonds is 3. The van der Waals surface area contributed by atoms with Crippen molar-refractivity contribution >= 4 is 23.4 Å². The Labute approximate surface area is 162 Å². The molecule has 1 fully saturated rings. The number of carbonyl (C=O) groups is 3. The zero-order chi connectivity index (χ0) is 19.9. The van der Waals surface area contributed by atoms with Crippen molar-refractivity contribution in [2.75, 3.05) is 18.0 Å². The molecule has 1 saturated heterocycles. The number of amides is 3. The Hall–Kier alpha value is -3.19. The van der Waals surface area contributed by atoms with E-state index in [4.69, 9.17) is 5.21 Å². The van der Waals surface area contributed by atoms with E-state index in [1.54, 1.807) is 39.5 Å². The third-order valence-electron chi connectivity index (χ3n) is 5.74. The lowest BCUT2D eigenvalue weighted by Gasteiger charge is -2.24. The molecular weight excluding hydrogens is 358 g/mol. The van der Waals surface area contributed by atoms with Crippen molar-refractivity contribution in [2.24, 2.45) is 0 Å². The monoisotopic (exact) mass is 379 g/mol. The number of hydrogen-bond donors (Lipinski definition) is 2. The molecule has 2 aromatic rings. The van der Waals surface area contributed by atoms with E-state index in [1.807, 2.05) is 24.3 Å². The zero-order valence-corrected chi connectivity index (χ0v) is 15.5. The van der Waals surface area contributed by atoms with Crippen LogP contribution < -0.4 is 10.4 Å². The molecule has 144 valence electrons. The number of para-hydroxylation sites is 1. The van der Waals surface area contributed by atoms with Gasteiger partial charge in [0.25, 0.3) is 5.91 Å². The van der Waals surface area contributed by atoms with E-state index >= 15 is 0 Å². The molecule has 28 heavy (non-hydrogen) atoms. The van der Waals surface area contributed by atoms with Crippen molar-refractivity contribution < 1.29 is 19.6 Å². The Kier molecular flexibility index (Phi) is 4.39. The van der Waals surface area contributed by atoms with Gasteiger partial charge in [-0.15, -0.1) is 0 Å². The maximum Gasteiger partial charge on any atom is 0.274 e. The first-order chi connectivity index (χ1) is 13.5. The molecule has 1 unspecified atom stereocenters. The van der Waals surface area contributed by atoms with Crippen molar-refractivity contribution in [3.63, 3.8) is 0 Å². The lowest BCUT2D eigenvalue weighted by molar-refractivity contribution is -0.128. The predicted octanol–water partition coefficient (Wildman–Crippen LogP) is 1.84. The molecular formula is C21H21N3O4. The Morgan fingerprint density at radius 3 is 2.50 bits per heavy atom. The summed E-state index contributed by atoms with van der Waals surface area (Å²) >= 11 is 0. The summed E-state index contributed by atoms with van der Waals surface area (Å²) in [5.41, 5.74) is 3.97. The molecule has 1 spiro atoms.